The second-order valence-corrected chi connectivity index (χ2v) is 11.0. The van der Waals surface area contributed by atoms with Crippen LogP contribution in [-0.2, 0) is 9.16 Å². The fourth-order valence-corrected chi connectivity index (χ4v) is 2.63. The first kappa shape index (κ1) is 17.7. The van der Waals surface area contributed by atoms with E-state index in [9.17, 15) is 0 Å². The van der Waals surface area contributed by atoms with Crippen LogP contribution in [0.15, 0.2) is 12.3 Å². The highest BCUT2D eigenvalue weighted by Gasteiger charge is 2.27. The summed E-state index contributed by atoms with van der Waals surface area (Å²) in [4.78, 5) is 0. The second kappa shape index (κ2) is 8.00. The Morgan fingerprint density at radius 2 is 1.67 bits per heavy atom. The molecule has 0 amide bonds. The van der Waals surface area contributed by atoms with Crippen LogP contribution in [-0.4, -0.2) is 21.5 Å². The van der Waals surface area contributed by atoms with Gasteiger partial charge in [-0.05, 0) is 38.9 Å². The van der Waals surface area contributed by atoms with Crippen LogP contribution in [0, 0.1) is 5.41 Å². The van der Waals surface area contributed by atoms with E-state index in [4.69, 9.17) is 9.16 Å². The Bertz CT molecular complexity index is 241. The van der Waals surface area contributed by atoms with E-state index >= 15 is 0 Å². The summed E-state index contributed by atoms with van der Waals surface area (Å²) in [5, 5.41) is 0. The van der Waals surface area contributed by atoms with E-state index in [1.54, 1.807) is 0 Å². The van der Waals surface area contributed by atoms with Crippen LogP contribution in [0.3, 0.4) is 0 Å². The lowest BCUT2D eigenvalue weighted by Crippen LogP contribution is -2.30. The Morgan fingerprint density at radius 1 is 1.11 bits per heavy atom. The predicted molar refractivity (Wildman–Crippen MR) is 82.3 cm³/mol. The smallest absolute Gasteiger partial charge is 0.241 e. The summed E-state index contributed by atoms with van der Waals surface area (Å²) in [6.45, 7) is 19.0. The predicted octanol–water partition coefficient (Wildman–Crippen LogP) is 4.97. The van der Waals surface area contributed by atoms with Crippen LogP contribution >= 0.6 is 0 Å². The normalized spacial score (nSPS) is 12.6. The number of ether oxygens (including phenoxy) is 1. The van der Waals surface area contributed by atoms with Gasteiger partial charge in [0, 0.05) is 18.6 Å². The number of allylic oxidation sites excluding steroid dienone is 1. The number of hydrogen-bond acceptors (Lipinski definition) is 2. The van der Waals surface area contributed by atoms with Gasteiger partial charge in [-0.1, -0.05) is 33.8 Å². The lowest BCUT2D eigenvalue weighted by atomic mass is 9.86. The summed E-state index contributed by atoms with van der Waals surface area (Å²) in [7, 11) is -1.53. The highest BCUT2D eigenvalue weighted by Crippen LogP contribution is 2.33. The lowest BCUT2D eigenvalue weighted by molar-refractivity contribution is 0.117. The Balaban J connectivity index is 3.89. The minimum Gasteiger partial charge on any atom is -0.547 e. The molecule has 0 fully saturated rings. The van der Waals surface area contributed by atoms with Crippen molar-refractivity contribution in [1.29, 1.82) is 0 Å². The van der Waals surface area contributed by atoms with Crippen LogP contribution in [0.2, 0.25) is 19.6 Å². The molecule has 0 N–H and O–H groups in total. The van der Waals surface area contributed by atoms with Crippen molar-refractivity contribution in [2.24, 2.45) is 5.41 Å². The molecular weight excluding hydrogens is 240 g/mol. The Labute approximate surface area is 115 Å². The van der Waals surface area contributed by atoms with Crippen LogP contribution < -0.4 is 0 Å². The first-order chi connectivity index (χ1) is 8.19. The maximum atomic E-state index is 6.00. The molecule has 0 unspecified atom stereocenters. The molecule has 0 aromatic carbocycles. The summed E-state index contributed by atoms with van der Waals surface area (Å²) >= 11 is 0. The molecule has 0 aliphatic heterocycles. The van der Waals surface area contributed by atoms with Gasteiger partial charge in [0.15, 0.2) is 0 Å². The fourth-order valence-electron chi connectivity index (χ4n) is 1.61. The molecule has 0 aromatic heterocycles. The van der Waals surface area contributed by atoms with Crippen molar-refractivity contribution in [2.75, 3.05) is 13.2 Å². The maximum Gasteiger partial charge on any atom is 0.241 e. The molecule has 0 rings (SSSR count). The molecule has 0 heterocycles. The van der Waals surface area contributed by atoms with E-state index in [1.165, 1.54) is 6.42 Å². The van der Waals surface area contributed by atoms with Crippen molar-refractivity contribution in [3.05, 3.63) is 12.3 Å². The SMILES string of the molecule is C=C(O[Si](C)(C)C)C(C)(C)CCCOCCCC. The molecule has 0 spiro atoms. The highest BCUT2D eigenvalue weighted by atomic mass is 28.4. The third-order valence-electron chi connectivity index (χ3n) is 2.92. The summed E-state index contributed by atoms with van der Waals surface area (Å²) in [6, 6.07) is 0. The lowest BCUT2D eigenvalue weighted by Gasteiger charge is -2.32. The third kappa shape index (κ3) is 8.76. The van der Waals surface area contributed by atoms with Crippen molar-refractivity contribution in [3.8, 4) is 0 Å². The topological polar surface area (TPSA) is 18.5 Å². The van der Waals surface area contributed by atoms with E-state index in [1.807, 2.05) is 0 Å². The van der Waals surface area contributed by atoms with Crippen LogP contribution in [0.25, 0.3) is 0 Å². The minimum absolute atomic E-state index is 0.0500. The zero-order valence-corrected chi connectivity index (χ0v) is 14.3. The van der Waals surface area contributed by atoms with Crippen molar-refractivity contribution >= 4 is 8.32 Å². The van der Waals surface area contributed by atoms with Crippen LogP contribution in [0.5, 0.6) is 0 Å². The van der Waals surface area contributed by atoms with Crippen LogP contribution in [0.4, 0.5) is 0 Å². The van der Waals surface area contributed by atoms with Crippen molar-refractivity contribution in [1.82, 2.24) is 0 Å². The molecule has 0 atom stereocenters. The molecule has 0 aromatic rings. The minimum atomic E-state index is -1.53. The van der Waals surface area contributed by atoms with E-state index < -0.39 is 8.32 Å². The molecule has 0 aliphatic carbocycles. The molecule has 0 saturated heterocycles. The summed E-state index contributed by atoms with van der Waals surface area (Å²) in [6.07, 6.45) is 4.51. The molecule has 3 heteroatoms. The molecule has 18 heavy (non-hydrogen) atoms. The number of hydrogen-bond donors (Lipinski definition) is 0. The summed E-state index contributed by atoms with van der Waals surface area (Å²) in [5.74, 6) is 0.940. The van der Waals surface area contributed by atoms with Gasteiger partial charge in [-0.2, -0.15) is 0 Å². The second-order valence-electron chi connectivity index (χ2n) is 6.59. The number of unbranched alkanes of at least 4 members (excludes halogenated alkanes) is 1. The van der Waals surface area contributed by atoms with E-state index in [0.717, 1.165) is 38.2 Å². The van der Waals surface area contributed by atoms with Gasteiger partial charge in [0.2, 0.25) is 8.32 Å². The van der Waals surface area contributed by atoms with E-state index in [2.05, 4.69) is 47.0 Å². The van der Waals surface area contributed by atoms with Gasteiger partial charge < -0.3 is 9.16 Å². The van der Waals surface area contributed by atoms with Crippen molar-refractivity contribution in [2.45, 2.75) is 66.1 Å². The van der Waals surface area contributed by atoms with Gasteiger partial charge in [-0.25, -0.2) is 0 Å². The van der Waals surface area contributed by atoms with Gasteiger partial charge in [0.25, 0.3) is 0 Å². The van der Waals surface area contributed by atoms with Gasteiger partial charge in [-0.3, -0.25) is 0 Å². The molecule has 0 radical (unpaired) electrons. The molecule has 108 valence electrons. The standard InChI is InChI=1S/C15H32O2Si/c1-8-9-12-16-13-10-11-15(3,4)14(2)17-18(5,6)7/h2,8-13H2,1,3-7H3. The van der Waals surface area contributed by atoms with Gasteiger partial charge in [0.05, 0.1) is 5.76 Å². The molecule has 2 nitrogen and oxygen atoms in total. The first-order valence-corrected chi connectivity index (χ1v) is 10.6. The average Bonchev–Trinajstić information content (AvgIpc) is 2.20. The van der Waals surface area contributed by atoms with Crippen LogP contribution in [0.1, 0.15) is 46.5 Å². The molecule has 0 bridgehead atoms. The van der Waals surface area contributed by atoms with Gasteiger partial charge >= 0.3 is 0 Å². The highest BCUT2D eigenvalue weighted by molar-refractivity contribution is 6.70. The zero-order chi connectivity index (χ0) is 14.2. The third-order valence-corrected chi connectivity index (χ3v) is 3.78. The Hall–Kier alpha value is -0.283. The monoisotopic (exact) mass is 272 g/mol. The number of rotatable bonds is 10. The quantitative estimate of drug-likeness (QED) is 0.317. The van der Waals surface area contributed by atoms with Gasteiger partial charge in [-0.15, -0.1) is 0 Å². The maximum absolute atomic E-state index is 6.00. The zero-order valence-electron chi connectivity index (χ0n) is 13.3. The summed E-state index contributed by atoms with van der Waals surface area (Å²) in [5.41, 5.74) is 0.0500. The van der Waals surface area contributed by atoms with E-state index in [0.29, 0.717) is 0 Å². The molecule has 0 saturated carbocycles. The Kier molecular flexibility index (Phi) is 7.88. The molecule has 0 aliphatic rings. The van der Waals surface area contributed by atoms with Gasteiger partial charge in [0.1, 0.15) is 0 Å². The van der Waals surface area contributed by atoms with Crippen molar-refractivity contribution in [3.63, 3.8) is 0 Å². The summed E-state index contributed by atoms with van der Waals surface area (Å²) < 4.78 is 11.6. The molecular formula is C15H32O2Si. The van der Waals surface area contributed by atoms with Crippen molar-refractivity contribution < 1.29 is 9.16 Å². The first-order valence-electron chi connectivity index (χ1n) is 7.15. The fraction of sp³-hybridized carbons (Fsp3) is 0.867. The largest absolute Gasteiger partial charge is 0.547 e. The Morgan fingerprint density at radius 3 is 2.17 bits per heavy atom. The average molecular weight is 273 g/mol. The van der Waals surface area contributed by atoms with E-state index in [-0.39, 0.29) is 5.41 Å².